The molecule has 0 spiro atoms. The first-order valence-electron chi connectivity index (χ1n) is 9.82. The zero-order chi connectivity index (χ0) is 20.1. The number of Topliss-reactive ketones (excluding diaryl/α,β-unsaturated/α-hetero) is 1. The summed E-state index contributed by atoms with van der Waals surface area (Å²) in [5.74, 6) is -0.132. The standard InChI is InChI=1S/C22H28N2O3S/c1-17-10-11-21(18(2)14-17)23-16-22(25)19-8-7-9-20(15-19)28(26,27)24-12-5-3-4-6-13-24/h7-11,14-15,23H,3-6,12-13,16H2,1-2H3. The number of sulfonamides is 1. The van der Waals surface area contributed by atoms with Gasteiger partial charge in [-0.25, -0.2) is 8.42 Å². The monoisotopic (exact) mass is 400 g/mol. The third kappa shape index (κ3) is 4.80. The van der Waals surface area contributed by atoms with E-state index in [-0.39, 0.29) is 17.2 Å². The van der Waals surface area contributed by atoms with Crippen molar-refractivity contribution < 1.29 is 13.2 Å². The van der Waals surface area contributed by atoms with Gasteiger partial charge in [0.2, 0.25) is 10.0 Å². The molecule has 1 fully saturated rings. The Balaban J connectivity index is 1.73. The number of hydrogen-bond acceptors (Lipinski definition) is 4. The molecule has 150 valence electrons. The van der Waals surface area contributed by atoms with Crippen molar-refractivity contribution in [3.8, 4) is 0 Å². The summed E-state index contributed by atoms with van der Waals surface area (Å²) in [4.78, 5) is 12.8. The summed E-state index contributed by atoms with van der Waals surface area (Å²) in [6.45, 7) is 5.24. The molecule has 6 heteroatoms. The molecular weight excluding hydrogens is 372 g/mol. The van der Waals surface area contributed by atoms with Gasteiger partial charge in [0, 0.05) is 24.3 Å². The molecule has 1 N–H and O–H groups in total. The Hall–Kier alpha value is -2.18. The van der Waals surface area contributed by atoms with Gasteiger partial charge in [0.25, 0.3) is 0 Å². The third-order valence-electron chi connectivity index (χ3n) is 5.18. The maximum Gasteiger partial charge on any atom is 0.243 e. The maximum atomic E-state index is 13.0. The number of ketones is 1. The van der Waals surface area contributed by atoms with Crippen molar-refractivity contribution in [2.75, 3.05) is 25.0 Å². The normalized spacial score (nSPS) is 15.8. The van der Waals surface area contributed by atoms with E-state index in [2.05, 4.69) is 11.4 Å². The number of carbonyl (C=O) groups is 1. The van der Waals surface area contributed by atoms with Crippen molar-refractivity contribution in [1.29, 1.82) is 0 Å². The average Bonchev–Trinajstić information content (AvgIpc) is 2.97. The Bertz CT molecular complexity index is 946. The van der Waals surface area contributed by atoms with Crippen molar-refractivity contribution in [2.45, 2.75) is 44.4 Å². The summed E-state index contributed by atoms with van der Waals surface area (Å²) >= 11 is 0. The summed E-state index contributed by atoms with van der Waals surface area (Å²) in [5.41, 5.74) is 3.56. The lowest BCUT2D eigenvalue weighted by atomic mass is 10.1. The number of hydrogen-bond donors (Lipinski definition) is 1. The molecule has 0 unspecified atom stereocenters. The minimum Gasteiger partial charge on any atom is -0.377 e. The van der Waals surface area contributed by atoms with Crippen LogP contribution < -0.4 is 5.32 Å². The van der Waals surface area contributed by atoms with Gasteiger partial charge in [-0.3, -0.25) is 4.79 Å². The predicted octanol–water partition coefficient (Wildman–Crippen LogP) is 4.16. The van der Waals surface area contributed by atoms with Crippen LogP contribution in [0.15, 0.2) is 47.4 Å². The molecule has 28 heavy (non-hydrogen) atoms. The highest BCUT2D eigenvalue weighted by atomic mass is 32.2. The molecule has 0 aromatic heterocycles. The van der Waals surface area contributed by atoms with Crippen LogP contribution in [0.4, 0.5) is 5.69 Å². The van der Waals surface area contributed by atoms with E-state index in [4.69, 9.17) is 0 Å². The molecule has 0 radical (unpaired) electrons. The third-order valence-corrected chi connectivity index (χ3v) is 7.07. The Kier molecular flexibility index (Phi) is 6.52. The second kappa shape index (κ2) is 8.88. The Morgan fingerprint density at radius 2 is 1.71 bits per heavy atom. The van der Waals surface area contributed by atoms with Crippen molar-refractivity contribution >= 4 is 21.5 Å². The zero-order valence-electron chi connectivity index (χ0n) is 16.6. The number of nitrogens with zero attached hydrogens (tertiary/aromatic N) is 1. The molecule has 1 saturated heterocycles. The summed E-state index contributed by atoms with van der Waals surface area (Å²) in [5, 5.41) is 3.16. The average molecular weight is 401 g/mol. The lowest BCUT2D eigenvalue weighted by molar-refractivity contribution is 0.101. The van der Waals surface area contributed by atoms with E-state index in [0.717, 1.165) is 36.9 Å². The lowest BCUT2D eigenvalue weighted by Gasteiger charge is -2.20. The number of nitrogens with one attached hydrogen (secondary N) is 1. The first-order chi connectivity index (χ1) is 13.4. The van der Waals surface area contributed by atoms with E-state index < -0.39 is 10.0 Å². The first kappa shape index (κ1) is 20.6. The van der Waals surface area contributed by atoms with Gasteiger partial charge < -0.3 is 5.32 Å². The molecule has 1 aliphatic heterocycles. The predicted molar refractivity (Wildman–Crippen MR) is 112 cm³/mol. The van der Waals surface area contributed by atoms with Gasteiger partial charge in [-0.15, -0.1) is 0 Å². The van der Waals surface area contributed by atoms with Crippen LogP contribution in [0.5, 0.6) is 0 Å². The number of anilines is 1. The van der Waals surface area contributed by atoms with Crippen LogP contribution in [0.25, 0.3) is 0 Å². The molecule has 0 saturated carbocycles. The summed E-state index contributed by atoms with van der Waals surface area (Å²) in [6, 6.07) is 12.4. The number of carbonyl (C=O) groups excluding carboxylic acids is 1. The second-order valence-corrected chi connectivity index (χ2v) is 9.38. The minimum absolute atomic E-state index is 0.122. The molecule has 0 aliphatic carbocycles. The number of rotatable bonds is 6. The molecule has 2 aromatic carbocycles. The molecule has 1 aliphatic rings. The van der Waals surface area contributed by atoms with Crippen LogP contribution in [-0.2, 0) is 10.0 Å². The van der Waals surface area contributed by atoms with Crippen molar-refractivity contribution in [2.24, 2.45) is 0 Å². The topological polar surface area (TPSA) is 66.5 Å². The first-order valence-corrected chi connectivity index (χ1v) is 11.3. The minimum atomic E-state index is -3.56. The quantitative estimate of drug-likeness (QED) is 0.740. The SMILES string of the molecule is Cc1ccc(NCC(=O)c2cccc(S(=O)(=O)N3CCCCCC3)c2)c(C)c1. The molecule has 2 aromatic rings. The Morgan fingerprint density at radius 3 is 2.39 bits per heavy atom. The molecule has 5 nitrogen and oxygen atoms in total. The van der Waals surface area contributed by atoms with Gasteiger partial charge >= 0.3 is 0 Å². The van der Waals surface area contributed by atoms with Crippen LogP contribution in [0, 0.1) is 13.8 Å². The van der Waals surface area contributed by atoms with Gasteiger partial charge in [0.1, 0.15) is 0 Å². The summed E-state index contributed by atoms with van der Waals surface area (Å²) in [6.07, 6.45) is 3.90. The van der Waals surface area contributed by atoms with E-state index in [1.54, 1.807) is 22.5 Å². The fourth-order valence-electron chi connectivity index (χ4n) is 3.55. The van der Waals surface area contributed by atoms with E-state index in [9.17, 15) is 13.2 Å². The fraction of sp³-hybridized carbons (Fsp3) is 0.409. The van der Waals surface area contributed by atoms with Crippen LogP contribution in [-0.4, -0.2) is 38.1 Å². The summed E-state index contributed by atoms with van der Waals surface area (Å²) in [7, 11) is -3.56. The highest BCUT2D eigenvalue weighted by molar-refractivity contribution is 7.89. The molecule has 1 heterocycles. The van der Waals surface area contributed by atoms with Crippen LogP contribution >= 0.6 is 0 Å². The molecular formula is C22H28N2O3S. The van der Waals surface area contributed by atoms with Gasteiger partial charge in [-0.2, -0.15) is 4.31 Å². The Labute approximate surface area is 167 Å². The number of benzene rings is 2. The lowest BCUT2D eigenvalue weighted by Crippen LogP contribution is -2.32. The van der Waals surface area contributed by atoms with E-state index in [1.807, 2.05) is 26.0 Å². The van der Waals surface area contributed by atoms with E-state index in [1.165, 1.54) is 11.6 Å². The maximum absolute atomic E-state index is 13.0. The molecule has 0 atom stereocenters. The second-order valence-electron chi connectivity index (χ2n) is 7.44. The van der Waals surface area contributed by atoms with Crippen LogP contribution in [0.2, 0.25) is 0 Å². The van der Waals surface area contributed by atoms with Gasteiger partial charge in [-0.1, -0.05) is 42.7 Å². The highest BCUT2D eigenvalue weighted by Gasteiger charge is 2.25. The fourth-order valence-corrected chi connectivity index (χ4v) is 5.11. The largest absolute Gasteiger partial charge is 0.377 e. The van der Waals surface area contributed by atoms with Gasteiger partial charge in [0.15, 0.2) is 5.78 Å². The van der Waals surface area contributed by atoms with Gasteiger partial charge in [0.05, 0.1) is 11.4 Å². The highest BCUT2D eigenvalue weighted by Crippen LogP contribution is 2.22. The zero-order valence-corrected chi connectivity index (χ0v) is 17.4. The Morgan fingerprint density at radius 1 is 1.00 bits per heavy atom. The van der Waals surface area contributed by atoms with Crippen molar-refractivity contribution in [3.05, 3.63) is 59.2 Å². The number of aryl methyl sites for hydroxylation is 2. The smallest absolute Gasteiger partial charge is 0.243 e. The van der Waals surface area contributed by atoms with E-state index >= 15 is 0 Å². The van der Waals surface area contributed by atoms with Gasteiger partial charge in [-0.05, 0) is 50.5 Å². The van der Waals surface area contributed by atoms with Crippen molar-refractivity contribution in [1.82, 2.24) is 4.31 Å². The molecule has 3 rings (SSSR count). The van der Waals surface area contributed by atoms with Crippen LogP contribution in [0.3, 0.4) is 0 Å². The van der Waals surface area contributed by atoms with Crippen molar-refractivity contribution in [3.63, 3.8) is 0 Å². The van der Waals surface area contributed by atoms with E-state index in [0.29, 0.717) is 18.7 Å². The summed E-state index contributed by atoms with van der Waals surface area (Å²) < 4.78 is 27.5. The molecule has 0 amide bonds. The molecule has 0 bridgehead atoms. The van der Waals surface area contributed by atoms with Crippen LogP contribution in [0.1, 0.15) is 47.2 Å².